The van der Waals surface area contributed by atoms with E-state index in [4.69, 9.17) is 0 Å². The molecule has 0 unspecified atom stereocenters. The largest absolute Gasteiger partial charge is 0.388 e. The Morgan fingerprint density at radius 1 is 1.33 bits per heavy atom. The van der Waals surface area contributed by atoms with E-state index in [-0.39, 0.29) is 5.78 Å². The number of hydrogen-bond donors (Lipinski definition) is 2. The second kappa shape index (κ2) is 5.31. The van der Waals surface area contributed by atoms with Gasteiger partial charge in [-0.3, -0.25) is 4.79 Å². The van der Waals surface area contributed by atoms with Crippen molar-refractivity contribution in [2.24, 2.45) is 0 Å². The number of hydrogen-bond acceptors (Lipinski definition) is 3. The molecule has 0 aromatic carbocycles. The van der Waals surface area contributed by atoms with Crippen LogP contribution in [-0.4, -0.2) is 22.5 Å². The molecule has 0 aromatic rings. The highest BCUT2D eigenvalue weighted by Crippen LogP contribution is 2.17. The molecule has 3 nitrogen and oxygen atoms in total. The first kappa shape index (κ1) is 12.2. The van der Waals surface area contributed by atoms with Crippen molar-refractivity contribution in [1.29, 1.82) is 0 Å². The molecule has 0 amide bonds. The SMILES string of the molecule is CC(C)(O)C(=O)/C=C/NC1CCCCC1. The normalized spacial score (nSPS) is 19.4. The minimum Gasteiger partial charge on any atom is -0.388 e. The molecule has 3 heteroatoms. The fraction of sp³-hybridized carbons (Fsp3) is 0.750. The van der Waals surface area contributed by atoms with Gasteiger partial charge >= 0.3 is 0 Å². The summed E-state index contributed by atoms with van der Waals surface area (Å²) in [7, 11) is 0. The first-order valence-electron chi connectivity index (χ1n) is 5.69. The molecule has 0 aliphatic heterocycles. The van der Waals surface area contributed by atoms with E-state index in [1.165, 1.54) is 52.0 Å². The lowest BCUT2D eigenvalue weighted by Crippen LogP contribution is -2.31. The Morgan fingerprint density at radius 3 is 2.47 bits per heavy atom. The monoisotopic (exact) mass is 211 g/mol. The zero-order chi connectivity index (χ0) is 11.3. The molecule has 0 bridgehead atoms. The lowest BCUT2D eigenvalue weighted by molar-refractivity contribution is -0.128. The summed E-state index contributed by atoms with van der Waals surface area (Å²) in [6, 6.07) is 0.504. The van der Waals surface area contributed by atoms with Crippen LogP contribution in [0.2, 0.25) is 0 Å². The summed E-state index contributed by atoms with van der Waals surface area (Å²) in [6.45, 7) is 3.00. The van der Waals surface area contributed by atoms with Gasteiger partial charge in [-0.2, -0.15) is 0 Å². The molecule has 1 aliphatic rings. The van der Waals surface area contributed by atoms with E-state index in [1.54, 1.807) is 6.20 Å². The summed E-state index contributed by atoms with van der Waals surface area (Å²) in [5.41, 5.74) is -1.26. The number of carbonyl (C=O) groups excluding carboxylic acids is 1. The molecule has 0 saturated heterocycles. The van der Waals surface area contributed by atoms with Crippen molar-refractivity contribution in [1.82, 2.24) is 5.32 Å². The fourth-order valence-electron chi connectivity index (χ4n) is 1.73. The van der Waals surface area contributed by atoms with Gasteiger partial charge < -0.3 is 10.4 Å². The maximum atomic E-state index is 11.3. The lowest BCUT2D eigenvalue weighted by Gasteiger charge is -2.21. The molecule has 1 aliphatic carbocycles. The third-order valence-electron chi connectivity index (χ3n) is 2.77. The number of nitrogens with one attached hydrogen (secondary N) is 1. The highest BCUT2D eigenvalue weighted by atomic mass is 16.3. The summed E-state index contributed by atoms with van der Waals surface area (Å²) in [4.78, 5) is 11.3. The number of aliphatic hydroxyl groups is 1. The van der Waals surface area contributed by atoms with Crippen LogP contribution in [0.5, 0.6) is 0 Å². The summed E-state index contributed by atoms with van der Waals surface area (Å²) >= 11 is 0. The highest BCUT2D eigenvalue weighted by molar-refractivity contribution is 5.95. The fourth-order valence-corrected chi connectivity index (χ4v) is 1.73. The molecule has 0 radical (unpaired) electrons. The molecule has 1 fully saturated rings. The molecule has 0 heterocycles. The van der Waals surface area contributed by atoms with Crippen LogP contribution in [0.15, 0.2) is 12.3 Å². The third-order valence-corrected chi connectivity index (χ3v) is 2.77. The maximum Gasteiger partial charge on any atom is 0.188 e. The predicted molar refractivity (Wildman–Crippen MR) is 60.5 cm³/mol. The minimum absolute atomic E-state index is 0.259. The van der Waals surface area contributed by atoms with Crippen LogP contribution in [0.1, 0.15) is 46.0 Å². The average Bonchev–Trinajstić information content (AvgIpc) is 2.18. The molecule has 1 saturated carbocycles. The molecular weight excluding hydrogens is 190 g/mol. The average molecular weight is 211 g/mol. The van der Waals surface area contributed by atoms with E-state index >= 15 is 0 Å². The van der Waals surface area contributed by atoms with Crippen LogP contribution in [0.25, 0.3) is 0 Å². The van der Waals surface area contributed by atoms with E-state index in [0.717, 1.165) is 0 Å². The van der Waals surface area contributed by atoms with Gasteiger partial charge in [-0.05, 0) is 32.8 Å². The van der Waals surface area contributed by atoms with Gasteiger partial charge in [0.15, 0.2) is 5.78 Å². The Balaban J connectivity index is 2.29. The van der Waals surface area contributed by atoms with Crippen molar-refractivity contribution in [2.75, 3.05) is 0 Å². The van der Waals surface area contributed by atoms with Crippen LogP contribution >= 0.6 is 0 Å². The van der Waals surface area contributed by atoms with E-state index in [0.29, 0.717) is 6.04 Å². The molecule has 0 atom stereocenters. The maximum absolute atomic E-state index is 11.3. The van der Waals surface area contributed by atoms with Gasteiger partial charge in [0.25, 0.3) is 0 Å². The van der Waals surface area contributed by atoms with Crippen LogP contribution in [0.4, 0.5) is 0 Å². The number of ketones is 1. The van der Waals surface area contributed by atoms with Gasteiger partial charge in [0, 0.05) is 12.2 Å². The minimum atomic E-state index is -1.26. The Bertz CT molecular complexity index is 234. The zero-order valence-corrected chi connectivity index (χ0v) is 9.62. The smallest absolute Gasteiger partial charge is 0.188 e. The van der Waals surface area contributed by atoms with Gasteiger partial charge in [-0.1, -0.05) is 19.3 Å². The van der Waals surface area contributed by atoms with Crippen LogP contribution in [0.3, 0.4) is 0 Å². The van der Waals surface area contributed by atoms with Crippen molar-refractivity contribution in [3.8, 4) is 0 Å². The molecule has 86 valence electrons. The van der Waals surface area contributed by atoms with Crippen LogP contribution in [0, 0.1) is 0 Å². The summed E-state index contributed by atoms with van der Waals surface area (Å²) < 4.78 is 0. The van der Waals surface area contributed by atoms with Gasteiger partial charge in [0.2, 0.25) is 0 Å². The van der Waals surface area contributed by atoms with Crippen LogP contribution in [-0.2, 0) is 4.79 Å². The second-order valence-electron chi connectivity index (χ2n) is 4.76. The lowest BCUT2D eigenvalue weighted by atomic mass is 9.96. The first-order chi connectivity index (χ1) is 7.00. The quantitative estimate of drug-likeness (QED) is 0.697. The zero-order valence-electron chi connectivity index (χ0n) is 9.62. The predicted octanol–water partition coefficient (Wildman–Crippen LogP) is 1.76. The molecular formula is C12H21NO2. The standard InChI is InChI=1S/C12H21NO2/c1-12(2,15)11(14)8-9-13-10-6-4-3-5-7-10/h8-10,13,15H,3-7H2,1-2H3/b9-8+. The van der Waals surface area contributed by atoms with E-state index in [1.807, 2.05) is 0 Å². The van der Waals surface area contributed by atoms with Gasteiger partial charge in [-0.25, -0.2) is 0 Å². The second-order valence-corrected chi connectivity index (χ2v) is 4.76. The highest BCUT2D eigenvalue weighted by Gasteiger charge is 2.20. The molecule has 0 spiro atoms. The number of rotatable bonds is 4. The molecule has 0 aromatic heterocycles. The summed E-state index contributed by atoms with van der Waals surface area (Å²) in [6.07, 6.45) is 9.33. The Kier molecular flexibility index (Phi) is 4.33. The van der Waals surface area contributed by atoms with Gasteiger partial charge in [0.1, 0.15) is 5.60 Å². The van der Waals surface area contributed by atoms with Crippen LogP contribution < -0.4 is 5.32 Å². The van der Waals surface area contributed by atoms with Crippen molar-refractivity contribution in [3.05, 3.63) is 12.3 Å². The molecule has 15 heavy (non-hydrogen) atoms. The Hall–Kier alpha value is -0.830. The van der Waals surface area contributed by atoms with Crippen molar-refractivity contribution in [3.63, 3.8) is 0 Å². The third kappa shape index (κ3) is 4.47. The van der Waals surface area contributed by atoms with Gasteiger partial charge in [-0.15, -0.1) is 0 Å². The van der Waals surface area contributed by atoms with E-state index in [2.05, 4.69) is 5.32 Å². The first-order valence-corrected chi connectivity index (χ1v) is 5.69. The van der Waals surface area contributed by atoms with E-state index in [9.17, 15) is 9.90 Å². The molecule has 2 N–H and O–H groups in total. The van der Waals surface area contributed by atoms with Crippen molar-refractivity contribution in [2.45, 2.75) is 57.6 Å². The topological polar surface area (TPSA) is 49.3 Å². The number of carbonyl (C=O) groups is 1. The Morgan fingerprint density at radius 2 is 1.93 bits per heavy atom. The van der Waals surface area contributed by atoms with Crippen molar-refractivity contribution < 1.29 is 9.90 Å². The van der Waals surface area contributed by atoms with E-state index < -0.39 is 5.60 Å². The van der Waals surface area contributed by atoms with Gasteiger partial charge in [0.05, 0.1) is 0 Å². The van der Waals surface area contributed by atoms with Crippen molar-refractivity contribution >= 4 is 5.78 Å². The summed E-state index contributed by atoms with van der Waals surface area (Å²) in [5.74, 6) is -0.259. The summed E-state index contributed by atoms with van der Waals surface area (Å²) in [5, 5.41) is 12.6. The molecule has 1 rings (SSSR count). The Labute approximate surface area is 91.6 Å².